The summed E-state index contributed by atoms with van der Waals surface area (Å²) in [6.07, 6.45) is 1.81. The number of thioether (sulfide) groups is 1. The van der Waals surface area contributed by atoms with Crippen LogP contribution in [0.2, 0.25) is 0 Å². The Labute approximate surface area is 137 Å². The molecule has 2 aromatic carbocycles. The Kier molecular flexibility index (Phi) is 4.30. The minimum absolute atomic E-state index is 0.131. The van der Waals surface area contributed by atoms with Crippen LogP contribution in [0.3, 0.4) is 0 Å². The van der Waals surface area contributed by atoms with Gasteiger partial charge < -0.3 is 5.32 Å². The zero-order valence-corrected chi connectivity index (χ0v) is 13.2. The zero-order valence-electron chi connectivity index (χ0n) is 12.4. The number of nitrogens with one attached hydrogen (secondary N) is 1. The Morgan fingerprint density at radius 3 is 2.65 bits per heavy atom. The molecule has 0 bridgehead atoms. The van der Waals surface area contributed by atoms with Gasteiger partial charge in [0, 0.05) is 34.4 Å². The average Bonchev–Trinajstić information content (AvgIpc) is 2.52. The first kappa shape index (κ1) is 15.5. The smallest absolute Gasteiger partial charge is 0.221 e. The van der Waals surface area contributed by atoms with E-state index in [4.69, 9.17) is 0 Å². The molecular weight excluding hydrogens is 313 g/mol. The predicted octanol–water partition coefficient (Wildman–Crippen LogP) is 4.16. The summed E-state index contributed by atoms with van der Waals surface area (Å²) in [7, 11) is 0. The van der Waals surface area contributed by atoms with Gasteiger partial charge in [-0.15, -0.1) is 11.8 Å². The fraction of sp³-hybridized carbons (Fsp3) is 0.111. The van der Waals surface area contributed by atoms with Gasteiger partial charge in [-0.2, -0.15) is 0 Å². The molecule has 116 valence electrons. The van der Waals surface area contributed by atoms with Crippen molar-refractivity contribution in [3.8, 4) is 0 Å². The van der Waals surface area contributed by atoms with E-state index >= 15 is 0 Å². The van der Waals surface area contributed by atoms with Gasteiger partial charge in [-0.05, 0) is 42.0 Å². The summed E-state index contributed by atoms with van der Waals surface area (Å²) < 4.78 is 13.4. The minimum Gasteiger partial charge on any atom is -0.326 e. The van der Waals surface area contributed by atoms with Gasteiger partial charge in [0.1, 0.15) is 5.82 Å². The summed E-state index contributed by atoms with van der Waals surface area (Å²) in [6, 6.07) is 11.5. The van der Waals surface area contributed by atoms with Crippen molar-refractivity contribution < 1.29 is 14.0 Å². The number of hydrogen-bond acceptors (Lipinski definition) is 3. The Bertz CT molecular complexity index is 812. The first-order chi connectivity index (χ1) is 11.0. The lowest BCUT2D eigenvalue weighted by Gasteiger charge is -2.17. The van der Waals surface area contributed by atoms with Gasteiger partial charge in [-0.25, -0.2) is 4.39 Å². The molecule has 0 radical (unpaired) electrons. The molecule has 0 atom stereocenters. The number of anilines is 1. The van der Waals surface area contributed by atoms with Gasteiger partial charge in [0.2, 0.25) is 5.91 Å². The van der Waals surface area contributed by atoms with Crippen molar-refractivity contribution in [2.24, 2.45) is 0 Å². The van der Waals surface area contributed by atoms with Crippen LogP contribution < -0.4 is 5.32 Å². The van der Waals surface area contributed by atoms with E-state index in [1.807, 2.05) is 12.1 Å². The second kappa shape index (κ2) is 6.38. The number of amides is 1. The molecule has 1 heterocycles. The number of fused-ring (bicyclic) bond motifs is 1. The molecule has 1 N–H and O–H groups in total. The second-order valence-corrected chi connectivity index (χ2v) is 6.25. The van der Waals surface area contributed by atoms with E-state index in [0.29, 0.717) is 22.6 Å². The van der Waals surface area contributed by atoms with Crippen LogP contribution in [0.5, 0.6) is 0 Å². The fourth-order valence-electron chi connectivity index (χ4n) is 2.37. The van der Waals surface area contributed by atoms with Gasteiger partial charge in [0.05, 0.1) is 0 Å². The van der Waals surface area contributed by atoms with Gasteiger partial charge in [-0.3, -0.25) is 9.59 Å². The summed E-state index contributed by atoms with van der Waals surface area (Å²) >= 11 is 1.53. The van der Waals surface area contributed by atoms with Crippen LogP contribution in [0.4, 0.5) is 10.1 Å². The number of Topliss-reactive ketones (excluding diaryl/α,β-unsaturated/α-hetero) is 1. The summed E-state index contributed by atoms with van der Waals surface area (Å²) in [5.74, 6) is -0.110. The fourth-order valence-corrected chi connectivity index (χ4v) is 3.37. The molecule has 0 aromatic heterocycles. The van der Waals surface area contributed by atoms with Crippen molar-refractivity contribution in [2.45, 2.75) is 11.8 Å². The highest BCUT2D eigenvalue weighted by molar-refractivity contribution is 7.99. The van der Waals surface area contributed by atoms with Crippen LogP contribution >= 0.6 is 11.8 Å². The summed E-state index contributed by atoms with van der Waals surface area (Å²) in [6.45, 7) is 1.45. The maximum atomic E-state index is 13.4. The van der Waals surface area contributed by atoms with Crippen LogP contribution in [0.15, 0.2) is 52.9 Å². The van der Waals surface area contributed by atoms with Crippen LogP contribution in [-0.4, -0.2) is 17.4 Å². The molecule has 0 spiro atoms. The SMILES string of the molecule is CC(=O)Nc1ccc(C=C2CSc3ccc(F)cc3C2=O)cc1. The third-order valence-electron chi connectivity index (χ3n) is 3.43. The Morgan fingerprint density at radius 1 is 1.22 bits per heavy atom. The number of rotatable bonds is 2. The van der Waals surface area contributed by atoms with Gasteiger partial charge in [-0.1, -0.05) is 12.1 Å². The van der Waals surface area contributed by atoms with Crippen molar-refractivity contribution in [1.82, 2.24) is 0 Å². The normalized spacial score (nSPS) is 15.4. The largest absolute Gasteiger partial charge is 0.326 e. The van der Waals surface area contributed by atoms with Crippen LogP contribution in [-0.2, 0) is 4.79 Å². The lowest BCUT2D eigenvalue weighted by Crippen LogP contribution is -2.12. The highest BCUT2D eigenvalue weighted by atomic mass is 32.2. The quantitative estimate of drug-likeness (QED) is 0.843. The van der Waals surface area contributed by atoms with Crippen LogP contribution in [0.25, 0.3) is 6.08 Å². The molecule has 1 aliphatic rings. The standard InChI is InChI=1S/C18H14FNO2S/c1-11(21)20-15-5-2-12(3-6-15)8-13-10-23-17-7-4-14(19)9-16(17)18(13)22/h2-9H,10H2,1H3,(H,20,21). The number of carbonyl (C=O) groups excluding carboxylic acids is 2. The van der Waals surface area contributed by atoms with Gasteiger partial charge in [0.25, 0.3) is 0 Å². The van der Waals surface area contributed by atoms with Crippen molar-refractivity contribution in [1.29, 1.82) is 0 Å². The molecule has 1 amide bonds. The molecule has 0 saturated carbocycles. The van der Waals surface area contributed by atoms with E-state index in [0.717, 1.165) is 10.5 Å². The van der Waals surface area contributed by atoms with E-state index in [2.05, 4.69) is 5.32 Å². The first-order valence-corrected chi connectivity index (χ1v) is 8.07. The van der Waals surface area contributed by atoms with Gasteiger partial charge >= 0.3 is 0 Å². The molecule has 0 aliphatic carbocycles. The van der Waals surface area contributed by atoms with Crippen LogP contribution in [0.1, 0.15) is 22.8 Å². The molecular formula is C18H14FNO2S. The second-order valence-electron chi connectivity index (χ2n) is 5.23. The summed E-state index contributed by atoms with van der Waals surface area (Å²) in [5.41, 5.74) is 2.63. The maximum Gasteiger partial charge on any atom is 0.221 e. The maximum absolute atomic E-state index is 13.4. The third-order valence-corrected chi connectivity index (χ3v) is 4.56. The average molecular weight is 327 g/mol. The number of carbonyl (C=O) groups is 2. The molecule has 1 aliphatic heterocycles. The third kappa shape index (κ3) is 3.51. The molecule has 5 heteroatoms. The molecule has 0 unspecified atom stereocenters. The highest BCUT2D eigenvalue weighted by Gasteiger charge is 2.22. The van der Waals surface area contributed by atoms with E-state index < -0.39 is 5.82 Å². The molecule has 0 fully saturated rings. The van der Waals surface area contributed by atoms with Crippen LogP contribution in [0, 0.1) is 5.82 Å². The topological polar surface area (TPSA) is 46.2 Å². The van der Waals surface area contributed by atoms with Crippen molar-refractivity contribution in [3.05, 3.63) is 65.0 Å². The monoisotopic (exact) mass is 327 g/mol. The molecule has 0 saturated heterocycles. The Balaban J connectivity index is 1.86. The van der Waals surface area contributed by atoms with Crippen molar-refractivity contribution >= 4 is 35.2 Å². The highest BCUT2D eigenvalue weighted by Crippen LogP contribution is 2.33. The molecule has 2 aromatic rings. The summed E-state index contributed by atoms with van der Waals surface area (Å²) in [4.78, 5) is 24.3. The minimum atomic E-state index is -0.404. The number of ketones is 1. The first-order valence-electron chi connectivity index (χ1n) is 7.08. The lowest BCUT2D eigenvalue weighted by atomic mass is 10.0. The van der Waals surface area contributed by atoms with E-state index in [9.17, 15) is 14.0 Å². The van der Waals surface area contributed by atoms with E-state index in [1.54, 1.807) is 24.3 Å². The van der Waals surface area contributed by atoms with E-state index in [1.165, 1.54) is 30.8 Å². The molecule has 23 heavy (non-hydrogen) atoms. The molecule has 3 rings (SSSR count). The molecule has 3 nitrogen and oxygen atoms in total. The summed E-state index contributed by atoms with van der Waals surface area (Å²) in [5, 5.41) is 2.69. The number of benzene rings is 2. The predicted molar refractivity (Wildman–Crippen MR) is 90.2 cm³/mol. The van der Waals surface area contributed by atoms with Gasteiger partial charge in [0.15, 0.2) is 5.78 Å². The number of halogens is 1. The Hall–Kier alpha value is -2.40. The van der Waals surface area contributed by atoms with Crippen molar-refractivity contribution in [2.75, 3.05) is 11.1 Å². The lowest BCUT2D eigenvalue weighted by molar-refractivity contribution is -0.114. The van der Waals surface area contributed by atoms with Crippen molar-refractivity contribution in [3.63, 3.8) is 0 Å². The Morgan fingerprint density at radius 2 is 1.96 bits per heavy atom. The number of hydrogen-bond donors (Lipinski definition) is 1. The van der Waals surface area contributed by atoms with E-state index in [-0.39, 0.29) is 11.7 Å². The zero-order chi connectivity index (χ0) is 16.4.